The largest absolute Gasteiger partial charge is 0.507 e. The van der Waals surface area contributed by atoms with Crippen LogP contribution in [-0.4, -0.2) is 59.4 Å². The van der Waals surface area contributed by atoms with Gasteiger partial charge in [0.25, 0.3) is 11.7 Å². The van der Waals surface area contributed by atoms with Gasteiger partial charge in [-0.3, -0.25) is 9.59 Å². The molecule has 1 aliphatic rings. The van der Waals surface area contributed by atoms with Gasteiger partial charge in [0.2, 0.25) is 0 Å². The lowest BCUT2D eigenvalue weighted by molar-refractivity contribution is -0.140. The molecule has 1 fully saturated rings. The molecule has 1 N–H and O–H groups in total. The van der Waals surface area contributed by atoms with Crippen LogP contribution in [0.15, 0.2) is 60.2 Å². The molecule has 182 valence electrons. The number of nitrogens with zero attached hydrogens (tertiary/aromatic N) is 2. The van der Waals surface area contributed by atoms with Crippen LogP contribution in [0, 0.1) is 0 Å². The lowest BCUT2D eigenvalue weighted by Gasteiger charge is -2.27. The summed E-state index contributed by atoms with van der Waals surface area (Å²) in [6.07, 6.45) is 2.72. The van der Waals surface area contributed by atoms with Crippen molar-refractivity contribution in [1.82, 2.24) is 9.80 Å². The molecule has 0 radical (unpaired) electrons. The Morgan fingerprint density at radius 2 is 1.74 bits per heavy atom. The van der Waals surface area contributed by atoms with E-state index in [1.54, 1.807) is 29.2 Å². The Hall–Kier alpha value is -3.12. The van der Waals surface area contributed by atoms with Gasteiger partial charge in [-0.1, -0.05) is 69.7 Å². The van der Waals surface area contributed by atoms with Crippen LogP contribution in [-0.2, 0) is 9.59 Å². The van der Waals surface area contributed by atoms with Crippen molar-refractivity contribution in [2.24, 2.45) is 0 Å². The van der Waals surface area contributed by atoms with Gasteiger partial charge in [0.05, 0.1) is 18.2 Å². The molecule has 1 amide bonds. The summed E-state index contributed by atoms with van der Waals surface area (Å²) < 4.78 is 5.88. The zero-order chi connectivity index (χ0) is 24.5. The Bertz CT molecular complexity index is 998. The van der Waals surface area contributed by atoms with Gasteiger partial charge in [-0.2, -0.15) is 0 Å². The molecule has 1 aliphatic heterocycles. The number of Topliss-reactive ketones (excluding diaryl/α,β-unsaturated/α-hetero) is 1. The fourth-order valence-corrected chi connectivity index (χ4v) is 4.32. The van der Waals surface area contributed by atoms with E-state index in [9.17, 15) is 14.7 Å². The summed E-state index contributed by atoms with van der Waals surface area (Å²) in [5.41, 5.74) is 1.40. The summed E-state index contributed by atoms with van der Waals surface area (Å²) in [5.74, 6) is -0.669. The number of benzene rings is 2. The number of carbonyl (C=O) groups is 2. The Morgan fingerprint density at radius 1 is 1.00 bits per heavy atom. The summed E-state index contributed by atoms with van der Waals surface area (Å²) >= 11 is 0. The van der Waals surface area contributed by atoms with Crippen molar-refractivity contribution in [2.75, 3.05) is 32.8 Å². The lowest BCUT2D eigenvalue weighted by Crippen LogP contribution is -2.33. The monoisotopic (exact) mass is 464 g/mol. The molecule has 34 heavy (non-hydrogen) atoms. The maximum Gasteiger partial charge on any atom is 0.295 e. The summed E-state index contributed by atoms with van der Waals surface area (Å²) in [5, 5.41) is 11.1. The fraction of sp³-hybridized carbons (Fsp3) is 0.429. The molecular weight excluding hydrogens is 428 g/mol. The maximum absolute atomic E-state index is 13.2. The van der Waals surface area contributed by atoms with Crippen LogP contribution in [0.25, 0.3) is 5.76 Å². The van der Waals surface area contributed by atoms with Gasteiger partial charge in [0.15, 0.2) is 0 Å². The second-order valence-corrected chi connectivity index (χ2v) is 8.51. The van der Waals surface area contributed by atoms with Crippen molar-refractivity contribution >= 4 is 17.4 Å². The van der Waals surface area contributed by atoms with Crippen LogP contribution in [0.3, 0.4) is 0 Å². The topological polar surface area (TPSA) is 70.1 Å². The Morgan fingerprint density at radius 3 is 2.41 bits per heavy atom. The Labute approximate surface area is 202 Å². The van der Waals surface area contributed by atoms with E-state index in [2.05, 4.69) is 25.7 Å². The van der Waals surface area contributed by atoms with Crippen molar-refractivity contribution in [3.63, 3.8) is 0 Å². The number of amides is 1. The van der Waals surface area contributed by atoms with E-state index in [1.807, 2.05) is 30.3 Å². The third kappa shape index (κ3) is 5.86. The van der Waals surface area contributed by atoms with Crippen LogP contribution in [0.1, 0.15) is 57.2 Å². The number of likely N-dealkylation sites (tertiary alicyclic amines) is 1. The van der Waals surface area contributed by atoms with Gasteiger partial charge in [-0.15, -0.1) is 0 Å². The number of aliphatic hydroxyl groups is 1. The molecule has 1 atom stereocenters. The van der Waals surface area contributed by atoms with Crippen molar-refractivity contribution in [2.45, 2.75) is 46.1 Å². The third-order valence-corrected chi connectivity index (χ3v) is 6.30. The summed E-state index contributed by atoms with van der Waals surface area (Å²) in [4.78, 5) is 30.2. The van der Waals surface area contributed by atoms with Crippen LogP contribution in [0.4, 0.5) is 0 Å². The molecule has 6 heteroatoms. The maximum atomic E-state index is 13.2. The van der Waals surface area contributed by atoms with Gasteiger partial charge in [0, 0.05) is 12.1 Å². The molecule has 2 aromatic rings. The molecule has 0 bridgehead atoms. The number of hydrogen-bond acceptors (Lipinski definition) is 5. The van der Waals surface area contributed by atoms with Gasteiger partial charge in [-0.05, 0) is 50.2 Å². The number of carbonyl (C=O) groups excluding carboxylic acids is 2. The highest BCUT2D eigenvalue weighted by molar-refractivity contribution is 6.46. The summed E-state index contributed by atoms with van der Waals surface area (Å²) in [6.45, 7) is 10.1. The first kappa shape index (κ1) is 25.5. The molecule has 3 rings (SSSR count). The number of aliphatic hydroxyl groups excluding tert-OH is 1. The second-order valence-electron chi connectivity index (χ2n) is 8.51. The standard InChI is InChI=1S/C28H36N2O4/c1-4-7-19-34-23-16-11-15-22(20-23)25-24(26(31)21-13-9-8-10-14-21)27(32)28(33)30(25)18-12-17-29(5-2)6-3/h8-11,13-16,20,25,31H,4-7,12,17-19H2,1-3H3/b26-24+. The van der Waals surface area contributed by atoms with E-state index >= 15 is 0 Å². The zero-order valence-corrected chi connectivity index (χ0v) is 20.5. The molecule has 1 heterocycles. The smallest absolute Gasteiger partial charge is 0.295 e. The summed E-state index contributed by atoms with van der Waals surface area (Å²) in [6, 6.07) is 15.8. The third-order valence-electron chi connectivity index (χ3n) is 6.30. The number of rotatable bonds is 12. The predicted molar refractivity (Wildman–Crippen MR) is 135 cm³/mol. The first-order chi connectivity index (χ1) is 16.5. The molecular formula is C28H36N2O4. The molecule has 0 aromatic heterocycles. The second kappa shape index (κ2) is 12.4. The van der Waals surface area contributed by atoms with Gasteiger partial charge < -0.3 is 19.6 Å². The van der Waals surface area contributed by atoms with Crippen LogP contribution < -0.4 is 4.74 Å². The highest BCUT2D eigenvalue weighted by atomic mass is 16.5. The quantitative estimate of drug-likeness (QED) is 0.207. The van der Waals surface area contributed by atoms with Crippen LogP contribution >= 0.6 is 0 Å². The van der Waals surface area contributed by atoms with E-state index in [1.165, 1.54) is 0 Å². The highest BCUT2D eigenvalue weighted by Crippen LogP contribution is 2.40. The van der Waals surface area contributed by atoms with Crippen molar-refractivity contribution in [3.8, 4) is 5.75 Å². The highest BCUT2D eigenvalue weighted by Gasteiger charge is 2.45. The van der Waals surface area contributed by atoms with Crippen molar-refractivity contribution < 1.29 is 19.4 Å². The number of ketones is 1. The van der Waals surface area contributed by atoms with E-state index in [0.717, 1.165) is 44.5 Å². The fourth-order valence-electron chi connectivity index (χ4n) is 4.32. The minimum absolute atomic E-state index is 0.129. The minimum Gasteiger partial charge on any atom is -0.507 e. The summed E-state index contributed by atoms with van der Waals surface area (Å²) in [7, 11) is 0. The van der Waals surface area contributed by atoms with Gasteiger partial charge >= 0.3 is 0 Å². The van der Waals surface area contributed by atoms with Crippen LogP contribution in [0.2, 0.25) is 0 Å². The van der Waals surface area contributed by atoms with Gasteiger partial charge in [-0.25, -0.2) is 0 Å². The van der Waals surface area contributed by atoms with Crippen molar-refractivity contribution in [3.05, 3.63) is 71.3 Å². The molecule has 0 spiro atoms. The number of hydrogen-bond donors (Lipinski definition) is 1. The van der Waals surface area contributed by atoms with E-state index in [-0.39, 0.29) is 11.3 Å². The van der Waals surface area contributed by atoms with Crippen LogP contribution in [0.5, 0.6) is 5.75 Å². The molecule has 1 unspecified atom stereocenters. The molecule has 0 saturated carbocycles. The number of unbranched alkanes of at least 4 members (excludes halogenated alkanes) is 1. The molecule has 1 saturated heterocycles. The van der Waals surface area contributed by atoms with E-state index in [4.69, 9.17) is 4.74 Å². The zero-order valence-electron chi connectivity index (χ0n) is 20.5. The average molecular weight is 465 g/mol. The first-order valence-corrected chi connectivity index (χ1v) is 12.3. The number of ether oxygens (including phenoxy) is 1. The van der Waals surface area contributed by atoms with E-state index in [0.29, 0.717) is 24.5 Å². The minimum atomic E-state index is -0.661. The molecule has 6 nitrogen and oxygen atoms in total. The SMILES string of the molecule is CCCCOc1cccc(C2/C(=C(\O)c3ccccc3)C(=O)C(=O)N2CCCN(CC)CC)c1. The van der Waals surface area contributed by atoms with Gasteiger partial charge in [0.1, 0.15) is 11.5 Å². The van der Waals surface area contributed by atoms with Crippen molar-refractivity contribution in [1.29, 1.82) is 0 Å². The van der Waals surface area contributed by atoms with E-state index < -0.39 is 17.7 Å². The Kier molecular flexibility index (Phi) is 9.28. The Balaban J connectivity index is 1.99. The molecule has 0 aliphatic carbocycles. The normalized spacial score (nSPS) is 17.5. The first-order valence-electron chi connectivity index (χ1n) is 12.3. The predicted octanol–water partition coefficient (Wildman–Crippen LogP) is 5.02. The average Bonchev–Trinajstić information content (AvgIpc) is 3.12. The lowest BCUT2D eigenvalue weighted by atomic mass is 9.95. The molecule has 2 aromatic carbocycles.